The van der Waals surface area contributed by atoms with Gasteiger partial charge in [-0.1, -0.05) is 11.6 Å². The highest BCUT2D eigenvalue weighted by molar-refractivity contribution is 6.41. The van der Waals surface area contributed by atoms with Gasteiger partial charge in [-0.3, -0.25) is 4.79 Å². The maximum Gasteiger partial charge on any atom is 0.253 e. The summed E-state index contributed by atoms with van der Waals surface area (Å²) in [6.45, 7) is 1.95. The Morgan fingerprint density at radius 3 is 2.66 bits per heavy atom. The number of halogens is 3. The summed E-state index contributed by atoms with van der Waals surface area (Å²) in [7, 11) is 12.1. The molecule has 1 amide bonds. The van der Waals surface area contributed by atoms with Gasteiger partial charge in [0.15, 0.2) is 0 Å². The second-order valence-corrected chi connectivity index (χ2v) is 7.80. The Kier molecular flexibility index (Phi) is 6.29. The number of hydrogen-bond donors (Lipinski definition) is 1. The molecule has 3 rings (SSSR count). The number of aromatic nitrogens is 2. The number of carbonyl (C=O) groups excluding carboxylic acids is 1. The molecule has 1 fully saturated rings. The molecule has 0 saturated carbocycles. The van der Waals surface area contributed by atoms with E-state index >= 15 is 4.39 Å². The van der Waals surface area contributed by atoms with Crippen LogP contribution in [-0.2, 0) is 6.54 Å². The molecule has 10 heteroatoms. The smallest absolute Gasteiger partial charge is 0.253 e. The molecule has 1 N–H and O–H groups in total. The highest BCUT2D eigenvalue weighted by atomic mass is 35.5. The fourth-order valence-electron chi connectivity index (χ4n) is 3.20. The Balaban J connectivity index is 1.63. The largest absolute Gasteiger partial charge is 0.339 e. The number of likely N-dealkylation sites (tertiary alicyclic amines) is 1. The van der Waals surface area contributed by atoms with Crippen LogP contribution < -0.4 is 5.32 Å². The normalized spacial score (nSPS) is 21.2. The standard InChI is InChI=1S/C19H19B2ClF2N4O/c1-12-7-26-16(27-8-12)9-25-10-18(24)4-5-28(11-19(18,20)21)17(29)13-2-3-15(23)14(22)6-13/h2-3,6-8,25H,4-5,9-11H2,1H3. The van der Waals surface area contributed by atoms with E-state index in [0.29, 0.717) is 5.82 Å². The molecule has 1 aromatic heterocycles. The second kappa shape index (κ2) is 8.40. The molecule has 5 nitrogen and oxygen atoms in total. The van der Waals surface area contributed by atoms with Gasteiger partial charge in [-0.2, -0.15) is 0 Å². The molecule has 0 aliphatic carbocycles. The molecule has 148 valence electrons. The summed E-state index contributed by atoms with van der Waals surface area (Å²) >= 11 is 5.74. The van der Waals surface area contributed by atoms with Crippen molar-refractivity contribution >= 4 is 33.2 Å². The first-order valence-corrected chi connectivity index (χ1v) is 9.48. The third-order valence-corrected chi connectivity index (χ3v) is 5.33. The highest BCUT2D eigenvalue weighted by Gasteiger charge is 2.49. The van der Waals surface area contributed by atoms with Crippen LogP contribution >= 0.6 is 11.6 Å². The molecule has 1 atom stereocenters. The lowest BCUT2D eigenvalue weighted by Crippen LogP contribution is -2.59. The van der Waals surface area contributed by atoms with Gasteiger partial charge in [0.05, 0.1) is 27.3 Å². The number of rotatable bonds is 5. The number of hydrogen-bond acceptors (Lipinski definition) is 4. The lowest BCUT2D eigenvalue weighted by molar-refractivity contribution is 0.0345. The van der Waals surface area contributed by atoms with Crippen molar-refractivity contribution in [3.05, 3.63) is 58.4 Å². The van der Waals surface area contributed by atoms with Gasteiger partial charge in [0.25, 0.3) is 5.91 Å². The van der Waals surface area contributed by atoms with Gasteiger partial charge in [-0.25, -0.2) is 18.7 Å². The van der Waals surface area contributed by atoms with Gasteiger partial charge in [0.1, 0.15) is 17.3 Å². The third-order valence-electron chi connectivity index (χ3n) is 5.04. The average molecular weight is 414 g/mol. The van der Waals surface area contributed by atoms with Crippen molar-refractivity contribution < 1.29 is 13.6 Å². The lowest BCUT2D eigenvalue weighted by Gasteiger charge is -2.49. The van der Waals surface area contributed by atoms with Crippen molar-refractivity contribution in [2.24, 2.45) is 0 Å². The van der Waals surface area contributed by atoms with Crippen molar-refractivity contribution in [3.63, 3.8) is 0 Å². The maximum atomic E-state index is 15.5. The fraction of sp³-hybridized carbons (Fsp3) is 0.421. The van der Waals surface area contributed by atoms with Crippen LogP contribution in [0.15, 0.2) is 30.6 Å². The van der Waals surface area contributed by atoms with Crippen LogP contribution in [0.25, 0.3) is 0 Å². The van der Waals surface area contributed by atoms with Crippen molar-refractivity contribution in [2.75, 3.05) is 19.6 Å². The molecule has 0 spiro atoms. The van der Waals surface area contributed by atoms with E-state index < -0.39 is 22.6 Å². The average Bonchev–Trinajstić information content (AvgIpc) is 2.67. The van der Waals surface area contributed by atoms with Gasteiger partial charge in [0.2, 0.25) is 0 Å². The van der Waals surface area contributed by atoms with Gasteiger partial charge >= 0.3 is 0 Å². The summed E-state index contributed by atoms with van der Waals surface area (Å²) in [6.07, 6.45) is 3.30. The Morgan fingerprint density at radius 1 is 1.34 bits per heavy atom. The topological polar surface area (TPSA) is 58.1 Å². The first kappa shape index (κ1) is 21.7. The maximum absolute atomic E-state index is 15.5. The summed E-state index contributed by atoms with van der Waals surface area (Å²) in [6, 6.07) is 3.65. The minimum Gasteiger partial charge on any atom is -0.339 e. The molecule has 1 aliphatic rings. The molecule has 1 unspecified atom stereocenters. The Bertz CT molecular complexity index is 900. The van der Waals surface area contributed by atoms with Crippen LogP contribution in [0.2, 0.25) is 10.2 Å². The minimum atomic E-state index is -1.94. The second-order valence-electron chi connectivity index (χ2n) is 7.39. The molecule has 29 heavy (non-hydrogen) atoms. The Labute approximate surface area is 176 Å². The number of carbonyl (C=O) groups is 1. The summed E-state index contributed by atoms with van der Waals surface area (Å²) in [5, 5.41) is 1.02. The highest BCUT2D eigenvalue weighted by Crippen LogP contribution is 2.43. The summed E-state index contributed by atoms with van der Waals surface area (Å²) < 4.78 is 28.8. The number of nitrogens with one attached hydrogen (secondary N) is 1. The van der Waals surface area contributed by atoms with Crippen LogP contribution in [0.3, 0.4) is 0 Å². The van der Waals surface area contributed by atoms with Crippen molar-refractivity contribution in [3.8, 4) is 0 Å². The van der Waals surface area contributed by atoms with E-state index in [1.54, 1.807) is 12.4 Å². The molecule has 2 aromatic rings. The van der Waals surface area contributed by atoms with Crippen LogP contribution in [0, 0.1) is 12.7 Å². The lowest BCUT2D eigenvalue weighted by atomic mass is 9.45. The fourth-order valence-corrected chi connectivity index (χ4v) is 3.38. The van der Waals surface area contributed by atoms with Crippen LogP contribution in [0.4, 0.5) is 8.78 Å². The molecular formula is C19H19B2ClF2N4O. The molecule has 0 bridgehead atoms. The van der Waals surface area contributed by atoms with Gasteiger partial charge in [0, 0.05) is 37.6 Å². The van der Waals surface area contributed by atoms with Crippen molar-refractivity contribution in [1.82, 2.24) is 20.2 Å². The van der Waals surface area contributed by atoms with Gasteiger partial charge in [-0.15, -0.1) is 0 Å². The molecular weight excluding hydrogens is 395 g/mol. The quantitative estimate of drug-likeness (QED) is 0.764. The zero-order valence-corrected chi connectivity index (χ0v) is 16.7. The van der Waals surface area contributed by atoms with Crippen LogP contribution in [0.1, 0.15) is 28.2 Å². The van der Waals surface area contributed by atoms with E-state index in [2.05, 4.69) is 15.3 Å². The predicted molar refractivity (Wildman–Crippen MR) is 108 cm³/mol. The summed E-state index contributed by atoms with van der Waals surface area (Å²) in [5.41, 5.74) is -0.819. The van der Waals surface area contributed by atoms with E-state index in [4.69, 9.17) is 27.3 Å². The molecule has 2 heterocycles. The molecule has 1 aromatic carbocycles. The molecule has 4 radical (unpaired) electrons. The molecule has 1 aliphatic heterocycles. The van der Waals surface area contributed by atoms with Crippen molar-refractivity contribution in [1.29, 1.82) is 0 Å². The number of aryl methyl sites for hydroxylation is 1. The zero-order chi connectivity index (χ0) is 21.2. The number of alkyl halides is 1. The zero-order valence-electron chi connectivity index (χ0n) is 16.0. The summed E-state index contributed by atoms with van der Waals surface area (Å²) in [5.74, 6) is -0.532. The van der Waals surface area contributed by atoms with E-state index in [1.165, 1.54) is 17.0 Å². The van der Waals surface area contributed by atoms with Crippen LogP contribution in [-0.4, -0.2) is 61.8 Å². The van der Waals surface area contributed by atoms with Gasteiger partial charge < -0.3 is 10.2 Å². The van der Waals surface area contributed by atoms with E-state index in [0.717, 1.165) is 11.6 Å². The first-order chi connectivity index (χ1) is 13.6. The number of amides is 1. The van der Waals surface area contributed by atoms with Crippen LogP contribution in [0.5, 0.6) is 0 Å². The van der Waals surface area contributed by atoms with E-state index in [-0.39, 0.29) is 43.2 Å². The minimum absolute atomic E-state index is 0.0532. The Morgan fingerprint density at radius 2 is 2.03 bits per heavy atom. The Hall–Kier alpha value is -1.99. The molecule has 1 saturated heterocycles. The number of nitrogens with zero attached hydrogens (tertiary/aromatic N) is 3. The monoisotopic (exact) mass is 414 g/mol. The SMILES string of the molecule is [B]C1([B])CN(C(=O)c2ccc(F)c(Cl)c2)CCC1(F)CNCc1ncc(C)cn1. The predicted octanol–water partition coefficient (Wildman–Crippen LogP) is 2.37. The van der Waals surface area contributed by atoms with Crippen molar-refractivity contribution in [2.45, 2.75) is 30.8 Å². The third kappa shape index (κ3) is 4.78. The van der Waals surface area contributed by atoms with E-state index in [1.807, 2.05) is 6.92 Å². The van der Waals surface area contributed by atoms with E-state index in [9.17, 15) is 9.18 Å². The number of benzene rings is 1. The summed E-state index contributed by atoms with van der Waals surface area (Å²) in [4.78, 5) is 22.3. The number of piperidine rings is 1. The van der Waals surface area contributed by atoms with Gasteiger partial charge in [-0.05, 0) is 42.3 Å². The first-order valence-electron chi connectivity index (χ1n) is 9.10.